The van der Waals surface area contributed by atoms with E-state index < -0.39 is 5.60 Å². The molecule has 1 aromatic carbocycles. The summed E-state index contributed by atoms with van der Waals surface area (Å²) in [5.74, 6) is 5.66. The maximum atomic E-state index is 12.3. The Hall–Kier alpha value is -2.06. The predicted octanol–water partition coefficient (Wildman–Crippen LogP) is 3.84. The lowest BCUT2D eigenvalue weighted by atomic mass is 9.82. The minimum Gasteiger partial charge on any atom is -0.378 e. The fraction of sp³-hybridized carbons (Fsp3) is 0.300. The number of nitrogens with one attached hydrogen (secondary N) is 1. The van der Waals surface area contributed by atoms with Crippen LogP contribution in [0.1, 0.15) is 41.7 Å². The monoisotopic (exact) mass is 388 g/mol. The van der Waals surface area contributed by atoms with Crippen LogP contribution in [0.5, 0.6) is 0 Å². The van der Waals surface area contributed by atoms with Gasteiger partial charge in [-0.25, -0.2) is 4.98 Å². The Balaban J connectivity index is 1.66. The quantitative estimate of drug-likeness (QED) is 0.768. The fourth-order valence-electron chi connectivity index (χ4n) is 3.01. The van der Waals surface area contributed by atoms with E-state index >= 15 is 0 Å². The standard InChI is InChI=1S/C20H18Cl2N2O2/c21-15-4-1-3-14(11-15)8-10-20(26)9-2-5-17(12-20)24-19(25)18-7-6-16(22)13-23-18/h1,3-4,6-7,11,13,17,26H,2,5,9,12H2,(H,24,25)/t17-,20+/m0/s1. The zero-order valence-corrected chi connectivity index (χ0v) is 15.5. The van der Waals surface area contributed by atoms with Crippen LogP contribution in [0.3, 0.4) is 0 Å². The molecule has 2 N–H and O–H groups in total. The number of pyridine rings is 1. The van der Waals surface area contributed by atoms with Gasteiger partial charge in [-0.3, -0.25) is 4.79 Å². The molecule has 0 aliphatic heterocycles. The summed E-state index contributed by atoms with van der Waals surface area (Å²) < 4.78 is 0. The molecular formula is C20H18Cl2N2O2. The summed E-state index contributed by atoms with van der Waals surface area (Å²) in [6, 6.07) is 10.2. The summed E-state index contributed by atoms with van der Waals surface area (Å²) in [6.07, 6.45) is 3.95. The summed E-state index contributed by atoms with van der Waals surface area (Å²) in [6.45, 7) is 0. The molecule has 1 saturated carbocycles. The van der Waals surface area contributed by atoms with Gasteiger partial charge in [-0.15, -0.1) is 0 Å². The zero-order chi connectivity index (χ0) is 18.6. The number of aromatic nitrogens is 1. The minimum absolute atomic E-state index is 0.160. The van der Waals surface area contributed by atoms with Gasteiger partial charge in [0.25, 0.3) is 5.91 Å². The molecule has 2 atom stereocenters. The molecule has 1 aromatic heterocycles. The van der Waals surface area contributed by atoms with Crippen molar-refractivity contribution in [3.05, 3.63) is 63.9 Å². The summed E-state index contributed by atoms with van der Waals surface area (Å²) >= 11 is 11.7. The molecule has 134 valence electrons. The van der Waals surface area contributed by atoms with E-state index in [1.165, 1.54) is 6.20 Å². The predicted molar refractivity (Wildman–Crippen MR) is 102 cm³/mol. The molecule has 3 rings (SSSR count). The summed E-state index contributed by atoms with van der Waals surface area (Å²) in [5, 5.41) is 14.8. The molecule has 0 radical (unpaired) electrons. The van der Waals surface area contributed by atoms with Crippen molar-refractivity contribution in [3.63, 3.8) is 0 Å². The van der Waals surface area contributed by atoms with Crippen LogP contribution in [0.4, 0.5) is 0 Å². The Labute approximate surface area is 162 Å². The van der Waals surface area contributed by atoms with Crippen molar-refractivity contribution < 1.29 is 9.90 Å². The first-order chi connectivity index (χ1) is 12.4. The van der Waals surface area contributed by atoms with E-state index in [0.29, 0.717) is 28.6 Å². The number of amides is 1. The topological polar surface area (TPSA) is 62.2 Å². The average molecular weight is 389 g/mol. The van der Waals surface area contributed by atoms with E-state index in [-0.39, 0.29) is 11.9 Å². The Bertz CT molecular complexity index is 858. The third kappa shape index (κ3) is 4.98. The first kappa shape index (κ1) is 18.7. The van der Waals surface area contributed by atoms with Crippen LogP contribution in [0.2, 0.25) is 10.0 Å². The highest BCUT2D eigenvalue weighted by Crippen LogP contribution is 2.28. The first-order valence-electron chi connectivity index (χ1n) is 8.37. The number of aliphatic hydroxyl groups is 1. The van der Waals surface area contributed by atoms with Gasteiger partial charge in [-0.1, -0.05) is 41.1 Å². The molecule has 4 nitrogen and oxygen atoms in total. The second-order valence-corrected chi connectivity index (χ2v) is 7.29. The highest BCUT2D eigenvalue weighted by molar-refractivity contribution is 6.30. The highest BCUT2D eigenvalue weighted by atomic mass is 35.5. The van der Waals surface area contributed by atoms with Gasteiger partial charge in [-0.05, 0) is 49.6 Å². The van der Waals surface area contributed by atoms with E-state index in [9.17, 15) is 9.90 Å². The van der Waals surface area contributed by atoms with Gasteiger partial charge >= 0.3 is 0 Å². The second-order valence-electron chi connectivity index (χ2n) is 6.42. The van der Waals surface area contributed by atoms with Gasteiger partial charge in [-0.2, -0.15) is 0 Å². The number of hydrogen-bond donors (Lipinski definition) is 2. The van der Waals surface area contributed by atoms with E-state index in [1.807, 2.05) is 12.1 Å². The minimum atomic E-state index is -1.13. The molecule has 1 fully saturated rings. The van der Waals surface area contributed by atoms with Crippen LogP contribution < -0.4 is 5.32 Å². The molecule has 0 unspecified atom stereocenters. The van der Waals surface area contributed by atoms with E-state index in [4.69, 9.17) is 23.2 Å². The summed E-state index contributed by atoms with van der Waals surface area (Å²) in [4.78, 5) is 16.3. The third-order valence-electron chi connectivity index (χ3n) is 4.29. The molecule has 1 aliphatic rings. The van der Waals surface area contributed by atoms with Gasteiger partial charge in [0, 0.05) is 29.2 Å². The van der Waals surface area contributed by atoms with Crippen molar-refractivity contribution in [1.29, 1.82) is 0 Å². The van der Waals surface area contributed by atoms with Crippen LogP contribution in [-0.2, 0) is 0 Å². The molecule has 1 amide bonds. The zero-order valence-electron chi connectivity index (χ0n) is 14.0. The first-order valence-corrected chi connectivity index (χ1v) is 9.13. The van der Waals surface area contributed by atoms with Crippen molar-refractivity contribution in [2.45, 2.75) is 37.3 Å². The van der Waals surface area contributed by atoms with Crippen molar-refractivity contribution in [2.24, 2.45) is 0 Å². The van der Waals surface area contributed by atoms with Crippen LogP contribution in [-0.4, -0.2) is 27.6 Å². The van der Waals surface area contributed by atoms with Gasteiger partial charge in [0.1, 0.15) is 11.3 Å². The van der Waals surface area contributed by atoms with E-state index in [1.54, 1.807) is 24.3 Å². The van der Waals surface area contributed by atoms with Gasteiger partial charge < -0.3 is 10.4 Å². The maximum Gasteiger partial charge on any atom is 0.270 e. The molecule has 6 heteroatoms. The van der Waals surface area contributed by atoms with Crippen LogP contribution in [0, 0.1) is 11.8 Å². The molecular weight excluding hydrogens is 371 g/mol. The molecule has 0 spiro atoms. The van der Waals surface area contributed by atoms with Crippen molar-refractivity contribution >= 4 is 29.1 Å². The molecule has 0 saturated heterocycles. The van der Waals surface area contributed by atoms with E-state index in [2.05, 4.69) is 22.1 Å². The number of carbonyl (C=O) groups excluding carboxylic acids is 1. The number of benzene rings is 1. The maximum absolute atomic E-state index is 12.3. The SMILES string of the molecule is O=C(N[C@H]1CCC[C@@](O)(C#Cc2cccc(Cl)c2)C1)c1ccc(Cl)cn1. The Morgan fingerprint density at radius 2 is 2.12 bits per heavy atom. The third-order valence-corrected chi connectivity index (χ3v) is 4.75. The Morgan fingerprint density at radius 3 is 2.85 bits per heavy atom. The lowest BCUT2D eigenvalue weighted by Gasteiger charge is -2.33. The lowest BCUT2D eigenvalue weighted by molar-refractivity contribution is 0.0451. The van der Waals surface area contributed by atoms with Gasteiger partial charge in [0.05, 0.1) is 5.02 Å². The molecule has 0 bridgehead atoms. The smallest absolute Gasteiger partial charge is 0.270 e. The Kier molecular flexibility index (Phi) is 5.83. The molecule has 1 aliphatic carbocycles. The van der Waals surface area contributed by atoms with Crippen LogP contribution >= 0.6 is 23.2 Å². The average Bonchev–Trinajstić information content (AvgIpc) is 2.61. The van der Waals surface area contributed by atoms with Crippen molar-refractivity contribution in [2.75, 3.05) is 0 Å². The number of rotatable bonds is 2. The summed E-state index contributed by atoms with van der Waals surface area (Å²) in [5.41, 5.74) is -0.0812. The largest absolute Gasteiger partial charge is 0.378 e. The van der Waals surface area contributed by atoms with Crippen molar-refractivity contribution in [1.82, 2.24) is 10.3 Å². The fourth-order valence-corrected chi connectivity index (χ4v) is 3.32. The number of carbonyl (C=O) groups is 1. The number of halogens is 2. The Morgan fingerprint density at radius 1 is 1.27 bits per heavy atom. The van der Waals surface area contributed by atoms with Crippen LogP contribution in [0.25, 0.3) is 0 Å². The molecule has 1 heterocycles. The van der Waals surface area contributed by atoms with E-state index in [0.717, 1.165) is 18.4 Å². The lowest BCUT2D eigenvalue weighted by Crippen LogP contribution is -2.45. The molecule has 2 aromatic rings. The number of nitrogens with zero attached hydrogens (tertiary/aromatic N) is 1. The molecule has 26 heavy (non-hydrogen) atoms. The number of hydrogen-bond acceptors (Lipinski definition) is 3. The summed E-state index contributed by atoms with van der Waals surface area (Å²) in [7, 11) is 0. The van der Waals surface area contributed by atoms with Crippen LogP contribution in [0.15, 0.2) is 42.6 Å². The van der Waals surface area contributed by atoms with Gasteiger partial charge in [0.15, 0.2) is 0 Å². The highest BCUT2D eigenvalue weighted by Gasteiger charge is 2.33. The van der Waals surface area contributed by atoms with Gasteiger partial charge in [0.2, 0.25) is 0 Å². The van der Waals surface area contributed by atoms with Crippen molar-refractivity contribution in [3.8, 4) is 11.8 Å². The second kappa shape index (κ2) is 8.09. The normalized spacial score (nSPS) is 22.2.